The second kappa shape index (κ2) is 13.7. The summed E-state index contributed by atoms with van der Waals surface area (Å²) in [5.41, 5.74) is 3.81. The smallest absolute Gasteiger partial charge is 0.264 e. The Morgan fingerprint density at radius 2 is 1.60 bits per heavy atom. The Hall–Kier alpha value is -5.05. The van der Waals surface area contributed by atoms with Crippen LogP contribution in [0, 0.1) is 5.92 Å². The van der Waals surface area contributed by atoms with Crippen LogP contribution < -0.4 is 9.80 Å². The first-order valence-corrected chi connectivity index (χ1v) is 16.0. The SMILES string of the molecule is C[C@H](/C=C/CC(=O)N(CCO)Cc1ccccc1)[C@@]1(O)C(=O)N(Cc2cccc(N3C(=O)CCc4ccccc43)c2)c2ccccc21. The first-order chi connectivity index (χ1) is 22.8. The number of hydrogen-bond acceptors (Lipinski definition) is 5. The minimum atomic E-state index is -1.83. The fraction of sp³-hybridized carbons (Fsp3) is 0.256. The highest BCUT2D eigenvalue weighted by atomic mass is 16.3. The number of para-hydroxylation sites is 2. The molecule has 0 fully saturated rings. The zero-order valence-corrected chi connectivity index (χ0v) is 26.5. The predicted octanol–water partition coefficient (Wildman–Crippen LogP) is 5.64. The molecular formula is C39H39N3O5. The summed E-state index contributed by atoms with van der Waals surface area (Å²) in [6.07, 6.45) is 4.61. The number of carbonyl (C=O) groups excluding carboxylic acids is 3. The summed E-state index contributed by atoms with van der Waals surface area (Å²) in [7, 11) is 0. The third-order valence-corrected chi connectivity index (χ3v) is 9.09. The largest absolute Gasteiger partial charge is 0.395 e. The van der Waals surface area contributed by atoms with Crippen molar-refractivity contribution in [1.29, 1.82) is 0 Å². The Morgan fingerprint density at radius 3 is 2.38 bits per heavy atom. The average Bonchev–Trinajstić information content (AvgIpc) is 3.31. The lowest BCUT2D eigenvalue weighted by Crippen LogP contribution is -2.44. The molecule has 0 bridgehead atoms. The number of aryl methyl sites for hydroxylation is 1. The molecule has 0 saturated heterocycles. The van der Waals surface area contributed by atoms with Crippen molar-refractivity contribution >= 4 is 34.8 Å². The van der Waals surface area contributed by atoms with Gasteiger partial charge in [0, 0.05) is 43.1 Å². The van der Waals surface area contributed by atoms with Crippen molar-refractivity contribution in [3.8, 4) is 0 Å². The molecule has 2 atom stereocenters. The minimum Gasteiger partial charge on any atom is -0.395 e. The van der Waals surface area contributed by atoms with Gasteiger partial charge in [-0.05, 0) is 47.4 Å². The molecule has 8 heteroatoms. The number of fused-ring (bicyclic) bond motifs is 2. The molecule has 6 rings (SSSR count). The molecule has 0 unspecified atom stereocenters. The van der Waals surface area contributed by atoms with Crippen LogP contribution in [0.4, 0.5) is 17.1 Å². The van der Waals surface area contributed by atoms with E-state index in [0.29, 0.717) is 30.6 Å². The highest BCUT2D eigenvalue weighted by molar-refractivity contribution is 6.07. The van der Waals surface area contributed by atoms with E-state index in [1.807, 2.05) is 91.0 Å². The second-order valence-corrected chi connectivity index (χ2v) is 12.1. The number of hydrogen-bond donors (Lipinski definition) is 2. The monoisotopic (exact) mass is 629 g/mol. The highest BCUT2D eigenvalue weighted by Crippen LogP contribution is 2.46. The number of anilines is 3. The molecule has 0 aliphatic carbocycles. The Bertz CT molecular complexity index is 1810. The summed E-state index contributed by atoms with van der Waals surface area (Å²) < 4.78 is 0. The molecule has 240 valence electrons. The number of amides is 3. The lowest BCUT2D eigenvalue weighted by molar-refractivity contribution is -0.139. The van der Waals surface area contributed by atoms with Gasteiger partial charge in [-0.25, -0.2) is 0 Å². The van der Waals surface area contributed by atoms with E-state index in [1.165, 1.54) is 0 Å². The van der Waals surface area contributed by atoms with E-state index >= 15 is 0 Å². The summed E-state index contributed by atoms with van der Waals surface area (Å²) in [5.74, 6) is -1.22. The first kappa shape index (κ1) is 31.9. The van der Waals surface area contributed by atoms with E-state index in [1.54, 1.807) is 45.9 Å². The van der Waals surface area contributed by atoms with Crippen LogP contribution in [0.2, 0.25) is 0 Å². The zero-order chi connectivity index (χ0) is 33.0. The van der Waals surface area contributed by atoms with E-state index in [4.69, 9.17) is 0 Å². The van der Waals surface area contributed by atoms with Crippen LogP contribution in [0.1, 0.15) is 42.0 Å². The maximum atomic E-state index is 14.1. The van der Waals surface area contributed by atoms with Gasteiger partial charge in [-0.15, -0.1) is 0 Å². The Kier molecular flexibility index (Phi) is 9.33. The third-order valence-electron chi connectivity index (χ3n) is 9.09. The molecular weight excluding hydrogens is 590 g/mol. The van der Waals surface area contributed by atoms with Crippen molar-refractivity contribution in [3.63, 3.8) is 0 Å². The lowest BCUT2D eigenvalue weighted by Gasteiger charge is -2.30. The summed E-state index contributed by atoms with van der Waals surface area (Å²) in [6.45, 7) is 2.43. The number of carbonyl (C=O) groups is 3. The quantitative estimate of drug-likeness (QED) is 0.209. The summed E-state index contributed by atoms with van der Waals surface area (Å²) >= 11 is 0. The summed E-state index contributed by atoms with van der Waals surface area (Å²) in [5, 5.41) is 21.6. The topological polar surface area (TPSA) is 101 Å². The molecule has 4 aromatic carbocycles. The number of aliphatic hydroxyl groups is 2. The van der Waals surface area contributed by atoms with E-state index in [0.717, 1.165) is 28.1 Å². The van der Waals surface area contributed by atoms with Crippen LogP contribution in [0.3, 0.4) is 0 Å². The molecule has 2 aliphatic heterocycles. The van der Waals surface area contributed by atoms with E-state index in [2.05, 4.69) is 0 Å². The van der Waals surface area contributed by atoms with Crippen molar-refractivity contribution in [2.75, 3.05) is 23.0 Å². The first-order valence-electron chi connectivity index (χ1n) is 16.0. The van der Waals surface area contributed by atoms with Crippen molar-refractivity contribution in [2.45, 2.75) is 44.9 Å². The van der Waals surface area contributed by atoms with E-state index in [-0.39, 0.29) is 37.9 Å². The Morgan fingerprint density at radius 1 is 0.894 bits per heavy atom. The van der Waals surface area contributed by atoms with Crippen LogP contribution >= 0.6 is 0 Å². The van der Waals surface area contributed by atoms with Gasteiger partial charge in [-0.1, -0.05) is 97.9 Å². The molecule has 0 saturated carbocycles. The van der Waals surface area contributed by atoms with Crippen LogP contribution in [0.5, 0.6) is 0 Å². The number of nitrogens with zero attached hydrogens (tertiary/aromatic N) is 3. The van der Waals surface area contributed by atoms with Gasteiger partial charge in [0.1, 0.15) is 0 Å². The third kappa shape index (κ3) is 6.35. The molecule has 2 heterocycles. The number of aliphatic hydroxyl groups excluding tert-OH is 1. The highest BCUT2D eigenvalue weighted by Gasteiger charge is 2.52. The van der Waals surface area contributed by atoms with Crippen molar-refractivity contribution < 1.29 is 24.6 Å². The van der Waals surface area contributed by atoms with Gasteiger partial charge in [0.15, 0.2) is 5.60 Å². The normalized spacial score (nSPS) is 17.9. The standard InChI is InChI=1S/C39H39N3O5/c1-28(11-9-20-36(44)40(23-24-43)26-29-12-3-2-4-13-29)39(47)33-17-6-8-19-35(33)41(38(39)46)27-30-14-10-16-32(25-30)42-34-18-7-5-15-31(34)21-22-37(42)45/h2-19,25,28,43,47H,20-24,26-27H2,1H3/b11-9+/t28-,39+/m1/s1. The van der Waals surface area contributed by atoms with E-state index in [9.17, 15) is 24.6 Å². The molecule has 8 nitrogen and oxygen atoms in total. The van der Waals surface area contributed by atoms with Crippen LogP contribution in [-0.2, 0) is 39.5 Å². The molecule has 0 aromatic heterocycles. The van der Waals surface area contributed by atoms with E-state index < -0.39 is 17.4 Å². The molecule has 47 heavy (non-hydrogen) atoms. The lowest BCUT2D eigenvalue weighted by atomic mass is 9.83. The van der Waals surface area contributed by atoms with Gasteiger partial charge >= 0.3 is 0 Å². The fourth-order valence-electron chi connectivity index (χ4n) is 6.60. The van der Waals surface area contributed by atoms with Crippen molar-refractivity contribution in [1.82, 2.24) is 4.90 Å². The van der Waals surface area contributed by atoms with Gasteiger partial charge in [0.05, 0.1) is 24.5 Å². The maximum absolute atomic E-state index is 14.1. The van der Waals surface area contributed by atoms with Crippen LogP contribution in [-0.4, -0.2) is 46.0 Å². The molecule has 4 aromatic rings. The second-order valence-electron chi connectivity index (χ2n) is 12.1. The molecule has 2 N–H and O–H groups in total. The van der Waals surface area contributed by atoms with Crippen molar-refractivity contribution in [3.05, 3.63) is 138 Å². The van der Waals surface area contributed by atoms with Gasteiger partial charge in [-0.3, -0.25) is 19.3 Å². The zero-order valence-electron chi connectivity index (χ0n) is 26.5. The van der Waals surface area contributed by atoms with Gasteiger partial charge < -0.3 is 20.0 Å². The Labute approximate surface area is 275 Å². The maximum Gasteiger partial charge on any atom is 0.264 e. The molecule has 2 aliphatic rings. The van der Waals surface area contributed by atoms with Crippen molar-refractivity contribution in [2.24, 2.45) is 5.92 Å². The Balaban J connectivity index is 1.20. The van der Waals surface area contributed by atoms with Gasteiger partial charge in [-0.2, -0.15) is 0 Å². The number of rotatable bonds is 11. The predicted molar refractivity (Wildman–Crippen MR) is 182 cm³/mol. The van der Waals surface area contributed by atoms with Crippen LogP contribution in [0.15, 0.2) is 115 Å². The van der Waals surface area contributed by atoms with Gasteiger partial charge in [0.25, 0.3) is 5.91 Å². The minimum absolute atomic E-state index is 0.0245. The summed E-state index contributed by atoms with van der Waals surface area (Å²) in [4.78, 5) is 45.2. The molecule has 0 radical (unpaired) electrons. The fourth-order valence-corrected chi connectivity index (χ4v) is 6.60. The summed E-state index contributed by atoms with van der Waals surface area (Å²) in [6, 6.07) is 32.4. The number of benzene rings is 4. The van der Waals surface area contributed by atoms with Crippen LogP contribution in [0.25, 0.3) is 0 Å². The van der Waals surface area contributed by atoms with Gasteiger partial charge in [0.2, 0.25) is 11.8 Å². The molecule has 3 amide bonds. The molecule has 0 spiro atoms. The average molecular weight is 630 g/mol.